The van der Waals surface area contributed by atoms with E-state index in [0.717, 1.165) is 11.4 Å². The van der Waals surface area contributed by atoms with E-state index in [4.69, 9.17) is 15.0 Å². The van der Waals surface area contributed by atoms with Gasteiger partial charge in [0.15, 0.2) is 0 Å². The summed E-state index contributed by atoms with van der Waals surface area (Å²) in [7, 11) is 0. The van der Waals surface area contributed by atoms with E-state index in [0.29, 0.717) is 24.1 Å². The SMILES string of the molecule is Cc1ccnc(NCCCC(=O)NCC(=O)NC(CC(=O)O)c2ccc(C)c([N+](=O)[O-])c2)c1.O=C(O)C(F)(F)F. The van der Waals surface area contributed by atoms with Crippen molar-refractivity contribution in [3.05, 3.63) is 63.3 Å². The summed E-state index contributed by atoms with van der Waals surface area (Å²) in [6.07, 6.45) is -3.14. The molecule has 2 rings (SSSR count). The van der Waals surface area contributed by atoms with Crippen molar-refractivity contribution in [1.82, 2.24) is 15.6 Å². The zero-order valence-electron chi connectivity index (χ0n) is 21.4. The number of rotatable bonds is 12. The number of aryl methyl sites for hydroxylation is 2. The molecule has 2 aromatic rings. The molecule has 2 amide bonds. The summed E-state index contributed by atoms with van der Waals surface area (Å²) >= 11 is 0. The molecule has 0 bridgehead atoms. The Morgan fingerprint density at radius 1 is 1.07 bits per heavy atom. The lowest BCUT2D eigenvalue weighted by Crippen LogP contribution is -2.39. The van der Waals surface area contributed by atoms with E-state index < -0.39 is 41.4 Å². The topological polar surface area (TPSA) is 201 Å². The van der Waals surface area contributed by atoms with Crippen molar-refractivity contribution in [1.29, 1.82) is 0 Å². The Labute approximate surface area is 225 Å². The third kappa shape index (κ3) is 12.7. The number of aromatic nitrogens is 1. The predicted octanol–water partition coefficient (Wildman–Crippen LogP) is 2.88. The van der Waals surface area contributed by atoms with Gasteiger partial charge in [0.05, 0.1) is 23.9 Å². The lowest BCUT2D eigenvalue weighted by Gasteiger charge is -2.18. The molecule has 1 heterocycles. The molecule has 0 aliphatic carbocycles. The first kappa shape index (κ1) is 33.3. The number of carboxylic acids is 2. The molecule has 1 unspecified atom stereocenters. The van der Waals surface area contributed by atoms with E-state index in [1.54, 1.807) is 13.1 Å². The van der Waals surface area contributed by atoms with Gasteiger partial charge in [0.1, 0.15) is 5.82 Å². The summed E-state index contributed by atoms with van der Waals surface area (Å²) in [6.45, 7) is 3.71. The summed E-state index contributed by atoms with van der Waals surface area (Å²) in [5, 5.41) is 35.6. The molecular formula is C24H28F3N5O8. The van der Waals surface area contributed by atoms with E-state index in [1.807, 2.05) is 19.1 Å². The van der Waals surface area contributed by atoms with Gasteiger partial charge in [-0.05, 0) is 43.5 Å². The molecule has 0 aliphatic rings. The average molecular weight is 572 g/mol. The monoisotopic (exact) mass is 571 g/mol. The number of halogens is 3. The largest absolute Gasteiger partial charge is 0.490 e. The van der Waals surface area contributed by atoms with Crippen LogP contribution in [0.5, 0.6) is 0 Å². The molecule has 16 heteroatoms. The third-order valence-electron chi connectivity index (χ3n) is 5.04. The Balaban J connectivity index is 0.00000101. The van der Waals surface area contributed by atoms with Crippen LogP contribution in [0.1, 0.15) is 42.0 Å². The van der Waals surface area contributed by atoms with Crippen LogP contribution < -0.4 is 16.0 Å². The highest BCUT2D eigenvalue weighted by Gasteiger charge is 2.38. The smallest absolute Gasteiger partial charge is 0.481 e. The summed E-state index contributed by atoms with van der Waals surface area (Å²) in [4.78, 5) is 59.2. The first-order chi connectivity index (χ1) is 18.6. The van der Waals surface area contributed by atoms with E-state index in [9.17, 15) is 37.7 Å². The molecule has 0 saturated carbocycles. The van der Waals surface area contributed by atoms with Gasteiger partial charge in [-0.15, -0.1) is 0 Å². The van der Waals surface area contributed by atoms with Crippen LogP contribution in [-0.4, -0.2) is 63.1 Å². The van der Waals surface area contributed by atoms with Gasteiger partial charge in [-0.1, -0.05) is 12.1 Å². The van der Waals surface area contributed by atoms with Crippen LogP contribution in [-0.2, 0) is 19.2 Å². The summed E-state index contributed by atoms with van der Waals surface area (Å²) < 4.78 is 31.7. The molecule has 13 nitrogen and oxygen atoms in total. The Morgan fingerprint density at radius 3 is 2.27 bits per heavy atom. The van der Waals surface area contributed by atoms with Crippen molar-refractivity contribution in [2.24, 2.45) is 0 Å². The highest BCUT2D eigenvalue weighted by atomic mass is 19.4. The molecule has 0 fully saturated rings. The molecule has 1 atom stereocenters. The highest BCUT2D eigenvalue weighted by molar-refractivity contribution is 5.85. The van der Waals surface area contributed by atoms with Gasteiger partial charge in [-0.3, -0.25) is 24.5 Å². The molecule has 218 valence electrons. The van der Waals surface area contributed by atoms with Crippen LogP contribution in [0, 0.1) is 24.0 Å². The van der Waals surface area contributed by atoms with E-state index in [2.05, 4.69) is 20.9 Å². The van der Waals surface area contributed by atoms with Gasteiger partial charge in [0.25, 0.3) is 5.69 Å². The van der Waals surface area contributed by atoms with Crippen molar-refractivity contribution >= 4 is 35.3 Å². The maximum absolute atomic E-state index is 12.3. The quantitative estimate of drug-likeness (QED) is 0.143. The third-order valence-corrected chi connectivity index (χ3v) is 5.04. The lowest BCUT2D eigenvalue weighted by atomic mass is 10.0. The number of aliphatic carboxylic acids is 2. The molecular weight excluding hydrogens is 543 g/mol. The van der Waals surface area contributed by atoms with Gasteiger partial charge < -0.3 is 26.2 Å². The summed E-state index contributed by atoms with van der Waals surface area (Å²) in [6, 6.07) is 7.07. The number of nitrogens with one attached hydrogen (secondary N) is 3. The predicted molar refractivity (Wildman–Crippen MR) is 134 cm³/mol. The van der Waals surface area contributed by atoms with Crippen LogP contribution in [0.4, 0.5) is 24.7 Å². The summed E-state index contributed by atoms with van der Waals surface area (Å²) in [5.74, 6) is -4.14. The van der Waals surface area contributed by atoms with Crippen LogP contribution >= 0.6 is 0 Å². The zero-order chi connectivity index (χ0) is 30.5. The molecule has 0 aliphatic heterocycles. The number of hydrogen-bond donors (Lipinski definition) is 5. The maximum atomic E-state index is 12.3. The lowest BCUT2D eigenvalue weighted by molar-refractivity contribution is -0.385. The Hall–Kier alpha value is -4.76. The number of anilines is 1. The van der Waals surface area contributed by atoms with Gasteiger partial charge in [-0.2, -0.15) is 13.2 Å². The first-order valence-corrected chi connectivity index (χ1v) is 11.6. The fourth-order valence-corrected chi connectivity index (χ4v) is 3.08. The number of carboxylic acid groups (broad SMARTS) is 2. The number of pyridine rings is 1. The van der Waals surface area contributed by atoms with Gasteiger partial charge in [-0.25, -0.2) is 9.78 Å². The fourth-order valence-electron chi connectivity index (χ4n) is 3.08. The second-order valence-corrected chi connectivity index (χ2v) is 8.35. The fraction of sp³-hybridized carbons (Fsp3) is 0.375. The second kappa shape index (κ2) is 15.6. The molecule has 1 aromatic heterocycles. The van der Waals surface area contributed by atoms with Crippen LogP contribution in [0.25, 0.3) is 0 Å². The van der Waals surface area contributed by atoms with Crippen molar-refractivity contribution in [3.8, 4) is 0 Å². The minimum absolute atomic E-state index is 0.167. The number of hydrogen-bond acceptors (Lipinski definition) is 8. The van der Waals surface area contributed by atoms with E-state index in [1.165, 1.54) is 18.2 Å². The zero-order valence-corrected chi connectivity index (χ0v) is 21.4. The number of nitrogens with zero attached hydrogens (tertiary/aromatic N) is 2. The normalized spacial score (nSPS) is 11.3. The highest BCUT2D eigenvalue weighted by Crippen LogP contribution is 2.25. The van der Waals surface area contributed by atoms with Crippen molar-refractivity contribution in [2.45, 2.75) is 45.3 Å². The number of benzene rings is 1. The van der Waals surface area contributed by atoms with Gasteiger partial charge >= 0.3 is 18.1 Å². The molecule has 0 radical (unpaired) electrons. The van der Waals surface area contributed by atoms with Crippen LogP contribution in [0.3, 0.4) is 0 Å². The number of nitro benzene ring substituents is 1. The van der Waals surface area contributed by atoms with Gasteiger partial charge in [0.2, 0.25) is 11.8 Å². The molecule has 5 N–H and O–H groups in total. The van der Waals surface area contributed by atoms with Crippen molar-refractivity contribution in [2.75, 3.05) is 18.4 Å². The second-order valence-electron chi connectivity index (χ2n) is 8.35. The minimum Gasteiger partial charge on any atom is -0.481 e. The molecule has 40 heavy (non-hydrogen) atoms. The molecule has 0 saturated heterocycles. The Kier molecular flexibility index (Phi) is 13.0. The van der Waals surface area contributed by atoms with E-state index >= 15 is 0 Å². The van der Waals surface area contributed by atoms with Crippen molar-refractivity contribution < 1.29 is 47.5 Å². The minimum atomic E-state index is -5.08. The van der Waals surface area contributed by atoms with Crippen LogP contribution in [0.15, 0.2) is 36.5 Å². The number of carbonyl (C=O) groups is 4. The molecule has 0 spiro atoms. The Morgan fingerprint density at radius 2 is 1.73 bits per heavy atom. The molecule has 1 aromatic carbocycles. The standard InChI is InChI=1S/C22H27N5O6.C2HF3O2/c1-14-7-9-24-19(10-14)23-8-3-4-20(28)25-13-21(29)26-17(12-22(30)31)16-6-5-15(2)18(11-16)27(32)33;3-2(4,5)1(6)7/h5-7,9-11,17H,3-4,8,12-13H2,1-2H3,(H,23,24)(H,25,28)(H,26,29)(H,30,31);(H,6,7). The van der Waals surface area contributed by atoms with Crippen LogP contribution in [0.2, 0.25) is 0 Å². The maximum Gasteiger partial charge on any atom is 0.490 e. The number of amides is 2. The number of carbonyl (C=O) groups excluding carboxylic acids is 2. The van der Waals surface area contributed by atoms with Crippen molar-refractivity contribution in [3.63, 3.8) is 0 Å². The average Bonchev–Trinajstić information content (AvgIpc) is 2.84. The van der Waals surface area contributed by atoms with Gasteiger partial charge in [0, 0.05) is 30.8 Å². The number of alkyl halides is 3. The number of nitro groups is 1. The Bertz CT molecular complexity index is 1220. The first-order valence-electron chi connectivity index (χ1n) is 11.6. The van der Waals surface area contributed by atoms with E-state index in [-0.39, 0.29) is 24.6 Å². The summed E-state index contributed by atoms with van der Waals surface area (Å²) in [5.41, 5.74) is 1.62.